The highest BCUT2D eigenvalue weighted by Crippen LogP contribution is 2.53. The average Bonchev–Trinajstić information content (AvgIpc) is 2.79. The number of carbonyl (C=O) groups is 1. The largest absolute Gasteiger partial charge is 0.401 e. The number of hydrogen-bond donors (Lipinski definition) is 2. The lowest BCUT2D eigenvalue weighted by atomic mass is 9.83. The molecule has 0 spiro atoms. The standard InChI is InChI=1S/C9H15F3N2O/c1-7(3-4-7)8(2,6(13)15)14-5-9(10,11)12/h14H,3-5H2,1-2H3,(H2,13,15). The van der Waals surface area contributed by atoms with Crippen LogP contribution in [0.5, 0.6) is 0 Å². The lowest BCUT2D eigenvalue weighted by Gasteiger charge is -2.34. The number of halogens is 3. The number of primary amides is 1. The van der Waals surface area contributed by atoms with Crippen LogP contribution >= 0.6 is 0 Å². The summed E-state index contributed by atoms with van der Waals surface area (Å²) in [5.41, 5.74) is 3.44. The third-order valence-electron chi connectivity index (χ3n) is 3.34. The molecule has 0 heterocycles. The highest BCUT2D eigenvalue weighted by atomic mass is 19.4. The summed E-state index contributed by atoms with van der Waals surface area (Å²) in [5, 5.41) is 2.24. The summed E-state index contributed by atoms with van der Waals surface area (Å²) in [5.74, 6) is -0.730. The van der Waals surface area contributed by atoms with Gasteiger partial charge in [0.1, 0.15) is 5.54 Å². The van der Waals surface area contributed by atoms with Crippen molar-refractivity contribution in [3.63, 3.8) is 0 Å². The Morgan fingerprint density at radius 3 is 2.20 bits per heavy atom. The summed E-state index contributed by atoms with van der Waals surface area (Å²) in [6.45, 7) is 2.01. The van der Waals surface area contributed by atoms with E-state index in [1.54, 1.807) is 6.92 Å². The number of carbonyl (C=O) groups excluding carboxylic acids is 1. The summed E-state index contributed by atoms with van der Waals surface area (Å²) >= 11 is 0. The SMILES string of the molecule is CC1(C(C)(NCC(F)(F)F)C(N)=O)CC1. The molecular weight excluding hydrogens is 209 g/mol. The van der Waals surface area contributed by atoms with E-state index in [4.69, 9.17) is 5.73 Å². The molecule has 1 aliphatic carbocycles. The van der Waals surface area contributed by atoms with Gasteiger partial charge in [-0.05, 0) is 25.2 Å². The van der Waals surface area contributed by atoms with Gasteiger partial charge >= 0.3 is 6.18 Å². The van der Waals surface area contributed by atoms with Gasteiger partial charge in [0, 0.05) is 0 Å². The van der Waals surface area contributed by atoms with E-state index in [1.807, 2.05) is 0 Å². The molecule has 0 saturated heterocycles. The van der Waals surface area contributed by atoms with Crippen LogP contribution in [-0.2, 0) is 4.79 Å². The molecule has 0 aromatic heterocycles. The second-order valence-electron chi connectivity index (χ2n) is 4.52. The maximum Gasteiger partial charge on any atom is 0.401 e. The Bertz CT molecular complexity index is 273. The van der Waals surface area contributed by atoms with Crippen molar-refractivity contribution in [2.24, 2.45) is 11.1 Å². The molecule has 0 aromatic rings. The van der Waals surface area contributed by atoms with Crippen molar-refractivity contribution in [3.8, 4) is 0 Å². The molecule has 88 valence electrons. The summed E-state index contributed by atoms with van der Waals surface area (Å²) in [7, 11) is 0. The lowest BCUT2D eigenvalue weighted by Crippen LogP contribution is -2.60. The number of nitrogens with one attached hydrogen (secondary N) is 1. The Kier molecular flexibility index (Phi) is 2.76. The van der Waals surface area contributed by atoms with Crippen molar-refractivity contribution in [3.05, 3.63) is 0 Å². The fourth-order valence-electron chi connectivity index (χ4n) is 1.56. The Balaban J connectivity index is 2.72. The van der Waals surface area contributed by atoms with E-state index in [9.17, 15) is 18.0 Å². The van der Waals surface area contributed by atoms with Crippen LogP contribution in [0.2, 0.25) is 0 Å². The van der Waals surface area contributed by atoms with E-state index in [1.165, 1.54) is 6.92 Å². The third-order valence-corrected chi connectivity index (χ3v) is 3.34. The second-order valence-corrected chi connectivity index (χ2v) is 4.52. The van der Waals surface area contributed by atoms with Crippen molar-refractivity contribution in [2.75, 3.05) is 6.54 Å². The first-order valence-corrected chi connectivity index (χ1v) is 4.72. The van der Waals surface area contributed by atoms with Gasteiger partial charge in [-0.2, -0.15) is 13.2 Å². The normalized spacial score (nSPS) is 23.3. The van der Waals surface area contributed by atoms with Crippen molar-refractivity contribution in [2.45, 2.75) is 38.4 Å². The molecule has 0 aromatic carbocycles. The monoisotopic (exact) mass is 224 g/mol. The second kappa shape index (κ2) is 3.37. The molecule has 1 rings (SSSR count). The molecule has 3 nitrogen and oxygen atoms in total. The summed E-state index contributed by atoms with van der Waals surface area (Å²) in [6, 6.07) is 0. The van der Waals surface area contributed by atoms with Crippen LogP contribution in [0.3, 0.4) is 0 Å². The van der Waals surface area contributed by atoms with Crippen LogP contribution in [0.1, 0.15) is 26.7 Å². The van der Waals surface area contributed by atoms with Crippen molar-refractivity contribution < 1.29 is 18.0 Å². The first-order valence-electron chi connectivity index (χ1n) is 4.72. The van der Waals surface area contributed by atoms with Crippen molar-refractivity contribution in [1.82, 2.24) is 5.32 Å². The minimum absolute atomic E-state index is 0.440. The molecule has 15 heavy (non-hydrogen) atoms. The van der Waals surface area contributed by atoms with E-state index in [-0.39, 0.29) is 0 Å². The van der Waals surface area contributed by atoms with E-state index < -0.39 is 29.6 Å². The van der Waals surface area contributed by atoms with Gasteiger partial charge in [0.05, 0.1) is 6.54 Å². The molecule has 0 bridgehead atoms. The number of alkyl halides is 3. The number of amides is 1. The molecular formula is C9H15F3N2O. The van der Waals surface area contributed by atoms with Gasteiger partial charge < -0.3 is 5.73 Å². The molecule has 1 aliphatic rings. The highest BCUT2D eigenvalue weighted by Gasteiger charge is 2.57. The van der Waals surface area contributed by atoms with E-state index in [2.05, 4.69) is 5.32 Å². The van der Waals surface area contributed by atoms with Crippen molar-refractivity contribution in [1.29, 1.82) is 0 Å². The highest BCUT2D eigenvalue weighted by molar-refractivity contribution is 5.85. The van der Waals surface area contributed by atoms with Crippen LogP contribution < -0.4 is 11.1 Å². The number of nitrogens with two attached hydrogens (primary N) is 1. The first-order chi connectivity index (χ1) is 6.61. The molecule has 6 heteroatoms. The molecule has 1 fully saturated rings. The minimum atomic E-state index is -4.33. The van der Waals surface area contributed by atoms with Crippen LogP contribution in [0.25, 0.3) is 0 Å². The summed E-state index contributed by atoms with van der Waals surface area (Å²) in [4.78, 5) is 11.2. The molecule has 1 amide bonds. The zero-order valence-electron chi connectivity index (χ0n) is 8.74. The molecule has 0 radical (unpaired) electrons. The van der Waals surface area contributed by atoms with Gasteiger partial charge in [-0.3, -0.25) is 10.1 Å². The van der Waals surface area contributed by atoms with Gasteiger partial charge in [-0.25, -0.2) is 0 Å². The number of rotatable bonds is 4. The summed E-state index contributed by atoms with van der Waals surface area (Å²) < 4.78 is 36.1. The zero-order valence-corrected chi connectivity index (χ0v) is 8.74. The molecule has 3 N–H and O–H groups in total. The fraction of sp³-hybridized carbons (Fsp3) is 0.889. The number of hydrogen-bond acceptors (Lipinski definition) is 2. The van der Waals surface area contributed by atoms with Gasteiger partial charge in [0.15, 0.2) is 0 Å². The van der Waals surface area contributed by atoms with Crippen molar-refractivity contribution >= 4 is 5.91 Å². The van der Waals surface area contributed by atoms with Gasteiger partial charge in [0.2, 0.25) is 5.91 Å². The van der Waals surface area contributed by atoms with Crippen LogP contribution in [0.4, 0.5) is 13.2 Å². The smallest absolute Gasteiger partial charge is 0.368 e. The molecule has 1 unspecified atom stereocenters. The van der Waals surface area contributed by atoms with Gasteiger partial charge in [0.25, 0.3) is 0 Å². The van der Waals surface area contributed by atoms with E-state index >= 15 is 0 Å². The first kappa shape index (κ1) is 12.3. The van der Waals surface area contributed by atoms with Crippen LogP contribution in [0.15, 0.2) is 0 Å². The lowest BCUT2D eigenvalue weighted by molar-refractivity contribution is -0.138. The maximum absolute atomic E-state index is 12.0. The maximum atomic E-state index is 12.0. The Morgan fingerprint density at radius 1 is 1.47 bits per heavy atom. The minimum Gasteiger partial charge on any atom is -0.368 e. The molecule has 1 saturated carbocycles. The molecule has 1 atom stereocenters. The summed E-state index contributed by atoms with van der Waals surface area (Å²) in [6.07, 6.45) is -2.89. The van der Waals surface area contributed by atoms with Gasteiger partial charge in [-0.15, -0.1) is 0 Å². The van der Waals surface area contributed by atoms with E-state index in [0.29, 0.717) is 0 Å². The molecule has 0 aliphatic heterocycles. The predicted octanol–water partition coefficient (Wildman–Crippen LogP) is 1.18. The van der Waals surface area contributed by atoms with Crippen LogP contribution in [0, 0.1) is 5.41 Å². The zero-order chi connectivity index (χ0) is 11.9. The van der Waals surface area contributed by atoms with Crippen LogP contribution in [-0.4, -0.2) is 24.2 Å². The topological polar surface area (TPSA) is 55.1 Å². The van der Waals surface area contributed by atoms with E-state index in [0.717, 1.165) is 12.8 Å². The average molecular weight is 224 g/mol. The quantitative estimate of drug-likeness (QED) is 0.753. The fourth-order valence-corrected chi connectivity index (χ4v) is 1.56. The Hall–Kier alpha value is -0.780. The van der Waals surface area contributed by atoms with Gasteiger partial charge in [-0.1, -0.05) is 6.92 Å². The predicted molar refractivity (Wildman–Crippen MR) is 49.0 cm³/mol. The third kappa shape index (κ3) is 2.42. The Labute approximate surface area is 86.2 Å². The Morgan fingerprint density at radius 2 is 1.93 bits per heavy atom.